The zero-order chi connectivity index (χ0) is 9.78. The number of nitrogens with zero attached hydrogens (tertiary/aromatic N) is 1. The summed E-state index contributed by atoms with van der Waals surface area (Å²) in [7, 11) is 3.51. The first-order valence-electron chi connectivity index (χ1n) is 5.06. The van der Waals surface area contributed by atoms with E-state index < -0.39 is 0 Å². The zero-order valence-electron chi connectivity index (χ0n) is 9.65. The van der Waals surface area contributed by atoms with Crippen LogP contribution < -0.4 is 0 Å². The van der Waals surface area contributed by atoms with E-state index in [2.05, 4.69) is 46.6 Å². The van der Waals surface area contributed by atoms with Crippen molar-refractivity contribution < 1.29 is 0 Å². The first-order chi connectivity index (χ1) is 5.37. The summed E-state index contributed by atoms with van der Waals surface area (Å²) in [4.78, 5) is 2.39. The Morgan fingerprint density at radius 3 is 2.17 bits per heavy atom. The average molecular weight is 169 g/mol. The molecular weight excluding hydrogens is 145 g/mol. The maximum Gasteiger partial charge on any atom is 0.131 e. The minimum Gasteiger partial charge on any atom is -0.307 e. The quantitative estimate of drug-likeness (QED) is 0.571. The molecule has 0 aliphatic rings. The van der Waals surface area contributed by atoms with Crippen LogP contribution in [0, 0.1) is 0 Å². The van der Waals surface area contributed by atoms with E-state index >= 15 is 0 Å². The fraction of sp³-hybridized carbons (Fsp3) is 1.00. The van der Waals surface area contributed by atoms with Crippen LogP contribution in [-0.4, -0.2) is 32.3 Å². The Kier molecular flexibility index (Phi) is 4.92. The van der Waals surface area contributed by atoms with E-state index in [0.29, 0.717) is 5.31 Å². The van der Waals surface area contributed by atoms with Crippen molar-refractivity contribution in [1.82, 2.24) is 4.90 Å². The van der Waals surface area contributed by atoms with E-state index in [1.165, 1.54) is 13.8 Å². The molecule has 0 saturated heterocycles. The molecule has 0 aliphatic heterocycles. The second-order valence-electron chi connectivity index (χ2n) is 5.09. The van der Waals surface area contributed by atoms with E-state index in [1.807, 2.05) is 0 Å². The first-order valence-corrected chi connectivity index (χ1v) is 5.06. The molecule has 0 bridgehead atoms. The molecule has 0 unspecified atom stereocenters. The van der Waals surface area contributed by atoms with Crippen molar-refractivity contribution in [2.24, 2.45) is 0 Å². The predicted octanol–water partition coefficient (Wildman–Crippen LogP) is 2.40. The maximum absolute atomic E-state index is 2.39. The van der Waals surface area contributed by atoms with Crippen molar-refractivity contribution in [3.8, 4) is 0 Å². The molecule has 0 aromatic heterocycles. The lowest BCUT2D eigenvalue weighted by Gasteiger charge is -2.30. The molecule has 72 valence electrons. The van der Waals surface area contributed by atoms with Gasteiger partial charge in [-0.1, -0.05) is 40.4 Å². The van der Waals surface area contributed by atoms with Gasteiger partial charge in [0, 0.05) is 0 Å². The molecule has 0 fully saturated rings. The van der Waals surface area contributed by atoms with Crippen LogP contribution in [0.3, 0.4) is 0 Å². The third kappa shape index (κ3) is 5.65. The fourth-order valence-corrected chi connectivity index (χ4v) is 2.01. The Balaban J connectivity index is 3.85. The highest BCUT2D eigenvalue weighted by molar-refractivity contribution is 6.41. The van der Waals surface area contributed by atoms with Gasteiger partial charge in [-0.05, 0) is 25.5 Å². The lowest BCUT2D eigenvalue weighted by Crippen LogP contribution is -2.31. The summed E-state index contributed by atoms with van der Waals surface area (Å²) >= 11 is 0. The topological polar surface area (TPSA) is 3.24 Å². The maximum atomic E-state index is 2.39. The van der Waals surface area contributed by atoms with E-state index in [0.717, 1.165) is 12.4 Å². The normalized spacial score (nSPS) is 12.7. The van der Waals surface area contributed by atoms with Crippen LogP contribution in [0.1, 0.15) is 34.6 Å². The van der Waals surface area contributed by atoms with Gasteiger partial charge in [0.05, 0.1) is 0 Å². The highest BCUT2D eigenvalue weighted by Crippen LogP contribution is 2.27. The van der Waals surface area contributed by atoms with Gasteiger partial charge in [-0.2, -0.15) is 0 Å². The molecule has 0 heterocycles. The lowest BCUT2D eigenvalue weighted by molar-refractivity contribution is 0.316. The third-order valence-electron chi connectivity index (χ3n) is 2.20. The summed E-state index contributed by atoms with van der Waals surface area (Å²) in [6, 6.07) is 0. The van der Waals surface area contributed by atoms with Crippen LogP contribution in [0.4, 0.5) is 0 Å². The third-order valence-corrected chi connectivity index (χ3v) is 2.20. The molecule has 0 aliphatic carbocycles. The van der Waals surface area contributed by atoms with Gasteiger partial charge in [-0.15, -0.1) is 0 Å². The Morgan fingerprint density at radius 2 is 1.83 bits per heavy atom. The van der Waals surface area contributed by atoms with Crippen molar-refractivity contribution in [2.75, 3.05) is 20.1 Å². The van der Waals surface area contributed by atoms with Gasteiger partial charge in [-0.3, -0.25) is 0 Å². The van der Waals surface area contributed by atoms with Gasteiger partial charge in [0.2, 0.25) is 0 Å². The Labute approximate surface area is 78.8 Å². The summed E-state index contributed by atoms with van der Waals surface area (Å²) in [5, 5.41) is 0.471. The van der Waals surface area contributed by atoms with Crippen LogP contribution in [0.15, 0.2) is 0 Å². The molecule has 0 saturated carbocycles. The Hall–Kier alpha value is 0.0249. The number of hydrogen-bond donors (Lipinski definition) is 0. The van der Waals surface area contributed by atoms with Crippen molar-refractivity contribution >= 4 is 7.28 Å². The molecule has 0 rings (SSSR count). The SMILES string of the molecule is CCN(C)CC(C)(C)BC(C)C. The van der Waals surface area contributed by atoms with E-state index in [4.69, 9.17) is 0 Å². The summed E-state index contributed by atoms with van der Waals surface area (Å²) < 4.78 is 0. The van der Waals surface area contributed by atoms with Crippen LogP contribution in [-0.2, 0) is 0 Å². The Morgan fingerprint density at radius 1 is 1.33 bits per heavy atom. The summed E-state index contributed by atoms with van der Waals surface area (Å²) in [6.07, 6.45) is 0. The monoisotopic (exact) mass is 169 g/mol. The Bertz CT molecular complexity index is 121. The van der Waals surface area contributed by atoms with Gasteiger partial charge in [0.25, 0.3) is 0 Å². The lowest BCUT2D eigenvalue weighted by atomic mass is 9.48. The highest BCUT2D eigenvalue weighted by atomic mass is 15.1. The molecule has 12 heavy (non-hydrogen) atoms. The molecule has 1 nitrogen and oxygen atoms in total. The molecule has 0 atom stereocenters. The van der Waals surface area contributed by atoms with E-state index in [-0.39, 0.29) is 0 Å². The zero-order valence-corrected chi connectivity index (χ0v) is 9.65. The average Bonchev–Trinajstić information content (AvgIpc) is 1.83. The van der Waals surface area contributed by atoms with Crippen molar-refractivity contribution in [2.45, 2.75) is 45.8 Å². The number of rotatable bonds is 5. The molecule has 0 spiro atoms. The van der Waals surface area contributed by atoms with Gasteiger partial charge >= 0.3 is 0 Å². The van der Waals surface area contributed by atoms with Gasteiger partial charge in [0.1, 0.15) is 7.28 Å². The van der Waals surface area contributed by atoms with Crippen LogP contribution in [0.5, 0.6) is 0 Å². The van der Waals surface area contributed by atoms with Gasteiger partial charge < -0.3 is 4.90 Å². The minimum absolute atomic E-state index is 0.471. The molecule has 0 N–H and O–H groups in total. The second-order valence-corrected chi connectivity index (χ2v) is 5.09. The summed E-state index contributed by atoms with van der Waals surface area (Å²) in [6.45, 7) is 13.9. The van der Waals surface area contributed by atoms with E-state index in [9.17, 15) is 0 Å². The van der Waals surface area contributed by atoms with Gasteiger partial charge in [-0.25, -0.2) is 0 Å². The molecule has 0 aromatic rings. The van der Waals surface area contributed by atoms with Crippen LogP contribution in [0.25, 0.3) is 0 Å². The van der Waals surface area contributed by atoms with Crippen molar-refractivity contribution in [1.29, 1.82) is 0 Å². The molecule has 0 amide bonds. The standard InChI is InChI=1S/C10H24BN/c1-7-12(6)8-10(4,5)11-9(2)3/h9,11H,7-8H2,1-6H3. The molecule has 2 heteroatoms. The van der Waals surface area contributed by atoms with Crippen LogP contribution in [0.2, 0.25) is 11.1 Å². The van der Waals surface area contributed by atoms with Gasteiger partial charge in [0.15, 0.2) is 0 Å². The highest BCUT2D eigenvalue weighted by Gasteiger charge is 2.22. The summed E-state index contributed by atoms with van der Waals surface area (Å²) in [5.74, 6) is 0.810. The number of hydrogen-bond acceptors (Lipinski definition) is 1. The predicted molar refractivity (Wildman–Crippen MR) is 59.5 cm³/mol. The van der Waals surface area contributed by atoms with Crippen molar-refractivity contribution in [3.63, 3.8) is 0 Å². The van der Waals surface area contributed by atoms with Crippen LogP contribution >= 0.6 is 0 Å². The molecule has 0 radical (unpaired) electrons. The van der Waals surface area contributed by atoms with Crippen molar-refractivity contribution in [3.05, 3.63) is 0 Å². The molecular formula is C10H24BN. The smallest absolute Gasteiger partial charge is 0.131 e. The second kappa shape index (κ2) is 4.91. The summed E-state index contributed by atoms with van der Waals surface area (Å²) in [5.41, 5.74) is 0. The minimum atomic E-state index is 0.471. The molecule has 0 aromatic carbocycles. The fourth-order valence-electron chi connectivity index (χ4n) is 2.01. The first kappa shape index (κ1) is 12.0. The van der Waals surface area contributed by atoms with E-state index in [1.54, 1.807) is 0 Å². The largest absolute Gasteiger partial charge is 0.307 e.